The zero-order chi connectivity index (χ0) is 13.6. The number of pyridine rings is 1. The van der Waals surface area contributed by atoms with Crippen molar-refractivity contribution in [3.63, 3.8) is 0 Å². The quantitative estimate of drug-likeness (QED) is 0.710. The first-order valence-electron chi connectivity index (χ1n) is 5.76. The van der Waals surface area contributed by atoms with Crippen LogP contribution in [0, 0.1) is 6.92 Å². The normalized spacial score (nSPS) is 11.1. The van der Waals surface area contributed by atoms with E-state index in [1.54, 1.807) is 12.4 Å². The summed E-state index contributed by atoms with van der Waals surface area (Å²) in [6.45, 7) is 1.95. The summed E-state index contributed by atoms with van der Waals surface area (Å²) in [6.07, 6.45) is 3.35. The minimum Gasteiger partial charge on any atom is -0.437 e. The molecule has 3 rings (SSSR count). The minimum atomic E-state index is 0.218. The van der Waals surface area contributed by atoms with Gasteiger partial charge in [-0.25, -0.2) is 0 Å². The molecule has 0 aliphatic rings. The van der Waals surface area contributed by atoms with Crippen LogP contribution in [0.4, 0.5) is 11.6 Å². The van der Waals surface area contributed by atoms with Crippen LogP contribution in [0.15, 0.2) is 35.0 Å². The Labute approximate surface area is 115 Å². The zero-order valence-electron chi connectivity index (χ0n) is 10.3. The third-order valence-corrected chi connectivity index (χ3v) is 3.56. The van der Waals surface area contributed by atoms with Crippen LogP contribution in [0.25, 0.3) is 22.1 Å². The fourth-order valence-corrected chi connectivity index (χ4v) is 2.24. The molecule has 0 spiro atoms. The van der Waals surface area contributed by atoms with Crippen LogP contribution in [-0.4, -0.2) is 4.98 Å². The molecule has 4 N–H and O–H groups in total. The Morgan fingerprint density at radius 1 is 1.21 bits per heavy atom. The highest BCUT2D eigenvalue weighted by Crippen LogP contribution is 2.37. The fourth-order valence-electron chi connectivity index (χ4n) is 2.12. The molecule has 0 fully saturated rings. The Morgan fingerprint density at radius 2 is 2.00 bits per heavy atom. The maximum absolute atomic E-state index is 6.04. The van der Waals surface area contributed by atoms with Gasteiger partial charge in [-0.2, -0.15) is 0 Å². The predicted octanol–water partition coefficient (Wildman–Crippen LogP) is 3.62. The SMILES string of the molecule is Cc1cc(-c2cncc3oc(N)c(N)c23)ccc1Cl. The number of rotatable bonds is 1. The molecule has 0 radical (unpaired) electrons. The maximum atomic E-state index is 6.04. The molecule has 3 aromatic rings. The second-order valence-electron chi connectivity index (χ2n) is 4.40. The third-order valence-electron chi connectivity index (χ3n) is 3.13. The van der Waals surface area contributed by atoms with E-state index in [0.717, 1.165) is 27.1 Å². The summed E-state index contributed by atoms with van der Waals surface area (Å²) in [5, 5.41) is 1.51. The van der Waals surface area contributed by atoms with Crippen LogP contribution in [0.2, 0.25) is 5.02 Å². The standard InChI is InChI=1S/C14H12ClN3O/c1-7-4-8(2-3-10(7)15)9-5-18-6-11-12(9)13(16)14(17)19-11/h2-6H,16-17H2,1H3. The van der Waals surface area contributed by atoms with Crippen molar-refractivity contribution in [1.29, 1.82) is 0 Å². The summed E-state index contributed by atoms with van der Waals surface area (Å²) >= 11 is 6.04. The van der Waals surface area contributed by atoms with E-state index in [1.165, 1.54) is 0 Å². The highest BCUT2D eigenvalue weighted by atomic mass is 35.5. The van der Waals surface area contributed by atoms with Gasteiger partial charge in [0.15, 0.2) is 5.58 Å². The Morgan fingerprint density at radius 3 is 2.74 bits per heavy atom. The van der Waals surface area contributed by atoms with Crippen molar-refractivity contribution in [2.24, 2.45) is 0 Å². The second-order valence-corrected chi connectivity index (χ2v) is 4.81. The highest BCUT2D eigenvalue weighted by Gasteiger charge is 2.14. The van der Waals surface area contributed by atoms with E-state index in [1.807, 2.05) is 25.1 Å². The van der Waals surface area contributed by atoms with Crippen LogP contribution in [0.1, 0.15) is 5.56 Å². The molecule has 4 nitrogen and oxygen atoms in total. The number of nitrogens with zero attached hydrogens (tertiary/aromatic N) is 1. The van der Waals surface area contributed by atoms with Gasteiger partial charge in [-0.1, -0.05) is 17.7 Å². The van der Waals surface area contributed by atoms with Crippen molar-refractivity contribution in [3.8, 4) is 11.1 Å². The number of aryl methyl sites for hydroxylation is 1. The number of nitrogen functional groups attached to an aromatic ring is 2. The summed E-state index contributed by atoms with van der Waals surface area (Å²) in [5.74, 6) is 0.218. The summed E-state index contributed by atoms with van der Waals surface area (Å²) in [6, 6.07) is 5.76. The van der Waals surface area contributed by atoms with E-state index in [2.05, 4.69) is 4.98 Å². The predicted molar refractivity (Wildman–Crippen MR) is 78.0 cm³/mol. The summed E-state index contributed by atoms with van der Waals surface area (Å²) < 4.78 is 5.38. The smallest absolute Gasteiger partial charge is 0.214 e. The van der Waals surface area contributed by atoms with Gasteiger partial charge in [-0.05, 0) is 30.2 Å². The molecule has 0 bridgehead atoms. The molecule has 96 valence electrons. The Balaban J connectivity index is 2.33. The molecule has 19 heavy (non-hydrogen) atoms. The summed E-state index contributed by atoms with van der Waals surface area (Å²) in [5.41, 5.74) is 15.6. The van der Waals surface area contributed by atoms with Gasteiger partial charge >= 0.3 is 0 Å². The molecule has 5 heteroatoms. The Bertz CT molecular complexity index is 780. The minimum absolute atomic E-state index is 0.218. The van der Waals surface area contributed by atoms with E-state index in [4.69, 9.17) is 27.5 Å². The van der Waals surface area contributed by atoms with E-state index >= 15 is 0 Å². The van der Waals surface area contributed by atoms with Gasteiger partial charge in [0.1, 0.15) is 5.69 Å². The molecular weight excluding hydrogens is 262 g/mol. The van der Waals surface area contributed by atoms with Gasteiger partial charge in [0.05, 0.1) is 11.6 Å². The second kappa shape index (κ2) is 4.17. The van der Waals surface area contributed by atoms with E-state index in [9.17, 15) is 0 Å². The molecule has 1 aromatic carbocycles. The molecule has 0 saturated heterocycles. The monoisotopic (exact) mass is 273 g/mol. The van der Waals surface area contributed by atoms with E-state index in [-0.39, 0.29) is 5.88 Å². The van der Waals surface area contributed by atoms with Crippen LogP contribution in [0.5, 0.6) is 0 Å². The number of hydrogen-bond acceptors (Lipinski definition) is 4. The average Bonchev–Trinajstić information content (AvgIpc) is 2.69. The van der Waals surface area contributed by atoms with Gasteiger partial charge in [0, 0.05) is 16.8 Å². The van der Waals surface area contributed by atoms with E-state index < -0.39 is 0 Å². The van der Waals surface area contributed by atoms with Crippen LogP contribution >= 0.6 is 11.6 Å². The van der Waals surface area contributed by atoms with Crippen molar-refractivity contribution in [1.82, 2.24) is 4.98 Å². The van der Waals surface area contributed by atoms with Crippen LogP contribution < -0.4 is 11.5 Å². The first-order valence-corrected chi connectivity index (χ1v) is 6.13. The van der Waals surface area contributed by atoms with Gasteiger partial charge in [0.2, 0.25) is 5.88 Å². The summed E-state index contributed by atoms with van der Waals surface area (Å²) in [7, 11) is 0. The number of fused-ring (bicyclic) bond motifs is 1. The number of hydrogen-bond donors (Lipinski definition) is 2. The van der Waals surface area contributed by atoms with Gasteiger partial charge in [-0.15, -0.1) is 0 Å². The molecule has 2 aromatic heterocycles. The topological polar surface area (TPSA) is 78.1 Å². The van der Waals surface area contributed by atoms with Crippen molar-refractivity contribution in [2.45, 2.75) is 6.92 Å². The molecule has 0 atom stereocenters. The molecule has 0 aliphatic heterocycles. The first kappa shape index (κ1) is 11.9. The summed E-state index contributed by atoms with van der Waals surface area (Å²) in [4.78, 5) is 4.16. The number of nitrogens with two attached hydrogens (primary N) is 2. The molecule has 0 saturated carbocycles. The van der Waals surface area contributed by atoms with Crippen LogP contribution in [-0.2, 0) is 0 Å². The number of benzene rings is 1. The number of halogens is 1. The number of furan rings is 1. The van der Waals surface area contributed by atoms with Gasteiger partial charge in [-0.3, -0.25) is 4.98 Å². The lowest BCUT2D eigenvalue weighted by Crippen LogP contribution is -1.91. The molecule has 2 heterocycles. The molecule has 0 amide bonds. The first-order chi connectivity index (χ1) is 9.08. The highest BCUT2D eigenvalue weighted by molar-refractivity contribution is 6.31. The van der Waals surface area contributed by atoms with Crippen molar-refractivity contribution >= 4 is 34.1 Å². The third kappa shape index (κ3) is 1.81. The van der Waals surface area contributed by atoms with Gasteiger partial charge in [0.25, 0.3) is 0 Å². The molecular formula is C14H12ClN3O. The Hall–Kier alpha value is -2.20. The molecule has 0 aliphatic carbocycles. The fraction of sp³-hybridized carbons (Fsp3) is 0.0714. The van der Waals surface area contributed by atoms with Crippen molar-refractivity contribution in [3.05, 3.63) is 41.2 Å². The maximum Gasteiger partial charge on any atom is 0.214 e. The van der Waals surface area contributed by atoms with E-state index in [0.29, 0.717) is 11.3 Å². The lowest BCUT2D eigenvalue weighted by Gasteiger charge is -2.05. The Kier molecular flexibility index (Phi) is 2.61. The number of aromatic nitrogens is 1. The lowest BCUT2D eigenvalue weighted by molar-refractivity contribution is 0.637. The lowest BCUT2D eigenvalue weighted by atomic mass is 10.0. The van der Waals surface area contributed by atoms with Gasteiger partial charge < -0.3 is 15.9 Å². The average molecular weight is 274 g/mol. The number of anilines is 2. The molecule has 0 unspecified atom stereocenters. The zero-order valence-corrected chi connectivity index (χ0v) is 11.0. The van der Waals surface area contributed by atoms with Crippen LogP contribution in [0.3, 0.4) is 0 Å². The largest absolute Gasteiger partial charge is 0.437 e. The van der Waals surface area contributed by atoms with Crippen molar-refractivity contribution < 1.29 is 4.42 Å². The van der Waals surface area contributed by atoms with Crippen molar-refractivity contribution in [2.75, 3.05) is 11.5 Å².